The first-order chi connectivity index (χ1) is 12.1. The van der Waals surface area contributed by atoms with Crippen LogP contribution in [-0.2, 0) is 11.3 Å². The summed E-state index contributed by atoms with van der Waals surface area (Å²) in [4.78, 5) is 15.0. The minimum atomic E-state index is -1.03. The average molecular weight is 400 g/mol. The Morgan fingerprint density at radius 1 is 1.20 bits per heavy atom. The fourth-order valence-electron chi connectivity index (χ4n) is 2.31. The summed E-state index contributed by atoms with van der Waals surface area (Å²) in [5, 5.41) is 18.3. The number of pyridine rings is 1. The molecule has 7 heteroatoms. The fraction of sp³-hybridized carbons (Fsp3) is 0.111. The zero-order chi connectivity index (χ0) is 17.6. The molecule has 0 aliphatic heterocycles. The van der Waals surface area contributed by atoms with E-state index in [4.69, 9.17) is 9.84 Å². The maximum Gasteiger partial charge on any atom is 0.341 e. The highest BCUT2D eigenvalue weighted by Crippen LogP contribution is 2.26. The number of fused-ring (bicyclic) bond motifs is 1. The fourth-order valence-corrected chi connectivity index (χ4v) is 2.72. The molecule has 0 spiro atoms. The van der Waals surface area contributed by atoms with Crippen molar-refractivity contribution in [2.45, 2.75) is 6.54 Å². The number of carboxylic acids is 1. The van der Waals surface area contributed by atoms with Crippen molar-refractivity contribution in [3.8, 4) is 5.75 Å². The maximum atomic E-state index is 10.7. The van der Waals surface area contributed by atoms with Gasteiger partial charge in [-0.05, 0) is 30.3 Å². The smallest absolute Gasteiger partial charge is 0.341 e. The Kier molecular flexibility index (Phi) is 5.35. The Balaban J connectivity index is 1.81. The molecule has 6 nitrogen and oxygen atoms in total. The quantitative estimate of drug-likeness (QED) is 0.606. The zero-order valence-corrected chi connectivity index (χ0v) is 14.7. The molecule has 0 amide bonds. The third kappa shape index (κ3) is 4.39. The van der Waals surface area contributed by atoms with Crippen molar-refractivity contribution in [3.05, 3.63) is 64.8 Å². The Hall–Kier alpha value is -2.80. The van der Waals surface area contributed by atoms with Crippen molar-refractivity contribution < 1.29 is 14.6 Å². The monoisotopic (exact) mass is 399 g/mol. The second kappa shape index (κ2) is 7.85. The molecule has 0 bridgehead atoms. The van der Waals surface area contributed by atoms with Crippen LogP contribution in [0.3, 0.4) is 0 Å². The van der Waals surface area contributed by atoms with E-state index in [9.17, 15) is 4.79 Å². The summed E-state index contributed by atoms with van der Waals surface area (Å²) in [5.74, 6) is -0.557. The number of carbonyl (C=O) groups is 1. The molecule has 2 aromatic carbocycles. The van der Waals surface area contributed by atoms with Gasteiger partial charge >= 0.3 is 5.97 Å². The lowest BCUT2D eigenvalue weighted by atomic mass is 10.2. The summed E-state index contributed by atoms with van der Waals surface area (Å²) in [6, 6.07) is 14.9. The molecule has 0 radical (unpaired) electrons. The maximum absolute atomic E-state index is 10.7. The predicted octanol–water partition coefficient (Wildman–Crippen LogP) is 4.74. The average Bonchev–Trinajstić information content (AvgIpc) is 2.61. The van der Waals surface area contributed by atoms with Gasteiger partial charge in [-0.1, -0.05) is 34.1 Å². The Morgan fingerprint density at radius 3 is 2.88 bits per heavy atom. The molecule has 3 rings (SSSR count). The van der Waals surface area contributed by atoms with E-state index in [0.717, 1.165) is 20.9 Å². The minimum absolute atomic E-state index is 0.262. The molecule has 126 valence electrons. The molecular formula is C18H14BrN3O3. The van der Waals surface area contributed by atoms with Crippen LogP contribution >= 0.6 is 15.9 Å². The summed E-state index contributed by atoms with van der Waals surface area (Å²) < 4.78 is 6.15. The predicted molar refractivity (Wildman–Crippen MR) is 97.2 cm³/mol. The number of hydrogen-bond acceptors (Lipinski definition) is 5. The molecule has 3 aromatic rings. The van der Waals surface area contributed by atoms with Gasteiger partial charge in [0, 0.05) is 21.6 Å². The molecule has 0 aliphatic rings. The van der Waals surface area contributed by atoms with E-state index in [1.54, 1.807) is 18.3 Å². The standard InChI is InChI=1S/C18H14BrN3O3/c19-14-6-7-16(25-11-17(23)24)13(9-14)10-21-22-15-5-1-3-12-4-2-8-20-18(12)15/h1-9H,10-11H2,(H,23,24). The number of azo groups is 1. The zero-order valence-electron chi connectivity index (χ0n) is 13.1. The molecule has 0 aliphatic carbocycles. The van der Waals surface area contributed by atoms with Gasteiger partial charge in [0.15, 0.2) is 6.61 Å². The lowest BCUT2D eigenvalue weighted by Gasteiger charge is -2.08. The van der Waals surface area contributed by atoms with Crippen LogP contribution in [-0.4, -0.2) is 22.7 Å². The number of carboxylic acid groups (broad SMARTS) is 1. The van der Waals surface area contributed by atoms with Crippen molar-refractivity contribution in [2.75, 3.05) is 6.61 Å². The molecule has 1 N–H and O–H groups in total. The minimum Gasteiger partial charge on any atom is -0.482 e. The lowest BCUT2D eigenvalue weighted by Crippen LogP contribution is -2.10. The molecule has 0 atom stereocenters. The first kappa shape index (κ1) is 17.0. The Labute approximate surface area is 152 Å². The number of nitrogens with zero attached hydrogens (tertiary/aromatic N) is 3. The number of benzene rings is 2. The molecule has 1 aromatic heterocycles. The van der Waals surface area contributed by atoms with Crippen LogP contribution in [0, 0.1) is 0 Å². The van der Waals surface area contributed by atoms with E-state index in [0.29, 0.717) is 11.4 Å². The number of aliphatic carboxylic acids is 1. The van der Waals surface area contributed by atoms with Crippen molar-refractivity contribution in [1.29, 1.82) is 0 Å². The van der Waals surface area contributed by atoms with Crippen molar-refractivity contribution >= 4 is 38.5 Å². The molecule has 1 heterocycles. The van der Waals surface area contributed by atoms with Gasteiger partial charge in [0.05, 0.1) is 12.1 Å². The highest BCUT2D eigenvalue weighted by molar-refractivity contribution is 9.10. The first-order valence-corrected chi connectivity index (χ1v) is 8.27. The number of ether oxygens (including phenoxy) is 1. The number of hydrogen-bond donors (Lipinski definition) is 1. The van der Waals surface area contributed by atoms with E-state index in [-0.39, 0.29) is 6.54 Å². The number of para-hydroxylation sites is 1. The third-order valence-corrected chi connectivity index (χ3v) is 3.90. The normalized spacial score (nSPS) is 11.1. The van der Waals surface area contributed by atoms with E-state index in [2.05, 4.69) is 31.1 Å². The van der Waals surface area contributed by atoms with Gasteiger partial charge in [-0.15, -0.1) is 0 Å². The third-order valence-electron chi connectivity index (χ3n) is 3.40. The van der Waals surface area contributed by atoms with Gasteiger partial charge in [0.25, 0.3) is 0 Å². The van der Waals surface area contributed by atoms with Crippen LogP contribution < -0.4 is 4.74 Å². The molecular weight excluding hydrogens is 386 g/mol. The van der Waals surface area contributed by atoms with Gasteiger partial charge < -0.3 is 9.84 Å². The van der Waals surface area contributed by atoms with Crippen LogP contribution in [0.5, 0.6) is 5.75 Å². The Bertz CT molecular complexity index is 939. The van der Waals surface area contributed by atoms with Gasteiger partial charge in [0.2, 0.25) is 0 Å². The highest BCUT2D eigenvalue weighted by atomic mass is 79.9. The van der Waals surface area contributed by atoms with E-state index < -0.39 is 12.6 Å². The molecule has 0 unspecified atom stereocenters. The van der Waals surface area contributed by atoms with E-state index in [1.807, 2.05) is 36.4 Å². The van der Waals surface area contributed by atoms with Crippen LogP contribution in [0.1, 0.15) is 5.56 Å². The highest BCUT2D eigenvalue weighted by Gasteiger charge is 2.07. The summed E-state index contributed by atoms with van der Waals surface area (Å²) in [6.45, 7) is -0.142. The van der Waals surface area contributed by atoms with Gasteiger partial charge in [-0.3, -0.25) is 4.98 Å². The first-order valence-electron chi connectivity index (χ1n) is 7.48. The SMILES string of the molecule is O=C(O)COc1ccc(Br)cc1CN=Nc1cccc2cccnc12. The molecule has 0 saturated heterocycles. The van der Waals surface area contributed by atoms with Gasteiger partial charge in [0.1, 0.15) is 11.4 Å². The van der Waals surface area contributed by atoms with Crippen LogP contribution in [0.15, 0.2) is 69.4 Å². The number of halogens is 1. The largest absolute Gasteiger partial charge is 0.482 e. The van der Waals surface area contributed by atoms with E-state index >= 15 is 0 Å². The molecule has 0 saturated carbocycles. The molecule has 0 fully saturated rings. The second-order valence-corrected chi connectivity index (χ2v) is 6.10. The van der Waals surface area contributed by atoms with Crippen molar-refractivity contribution in [3.63, 3.8) is 0 Å². The summed E-state index contributed by atoms with van der Waals surface area (Å²) >= 11 is 3.39. The number of aromatic nitrogens is 1. The van der Waals surface area contributed by atoms with E-state index in [1.165, 1.54) is 0 Å². The van der Waals surface area contributed by atoms with Crippen molar-refractivity contribution in [1.82, 2.24) is 4.98 Å². The topological polar surface area (TPSA) is 84.1 Å². The summed E-state index contributed by atoms with van der Waals surface area (Å²) in [5.41, 5.74) is 2.21. The van der Waals surface area contributed by atoms with Crippen LogP contribution in [0.2, 0.25) is 0 Å². The van der Waals surface area contributed by atoms with Crippen molar-refractivity contribution in [2.24, 2.45) is 10.2 Å². The van der Waals surface area contributed by atoms with Gasteiger partial charge in [-0.25, -0.2) is 4.79 Å². The lowest BCUT2D eigenvalue weighted by molar-refractivity contribution is -0.139. The van der Waals surface area contributed by atoms with Crippen LogP contribution in [0.25, 0.3) is 10.9 Å². The Morgan fingerprint density at radius 2 is 2.04 bits per heavy atom. The van der Waals surface area contributed by atoms with Gasteiger partial charge in [-0.2, -0.15) is 10.2 Å². The second-order valence-electron chi connectivity index (χ2n) is 5.19. The number of rotatable bonds is 6. The molecule has 25 heavy (non-hydrogen) atoms. The summed E-state index contributed by atoms with van der Waals surface area (Å²) in [6.07, 6.45) is 1.72. The summed E-state index contributed by atoms with van der Waals surface area (Å²) in [7, 11) is 0. The van der Waals surface area contributed by atoms with Crippen LogP contribution in [0.4, 0.5) is 5.69 Å².